The molecule has 0 aliphatic heterocycles. The third-order valence-corrected chi connectivity index (χ3v) is 3.76. The van der Waals surface area contributed by atoms with Crippen molar-refractivity contribution < 1.29 is 12.7 Å². The molecule has 0 saturated carbocycles. The predicted molar refractivity (Wildman–Crippen MR) is 71.9 cm³/mol. The summed E-state index contributed by atoms with van der Waals surface area (Å²) in [5, 5.41) is 0.0674. The van der Waals surface area contributed by atoms with Gasteiger partial charge in [-0.25, -0.2) is 4.79 Å². The average Bonchev–Trinajstić information content (AvgIpc) is 2.41. The lowest BCUT2D eigenvalue weighted by Crippen LogP contribution is -2.42. The van der Waals surface area contributed by atoms with Crippen molar-refractivity contribution in [3.8, 4) is 0 Å². The van der Waals surface area contributed by atoms with Gasteiger partial charge < -0.3 is 4.98 Å². The number of rotatable bonds is 5. The van der Waals surface area contributed by atoms with Crippen LogP contribution in [0.1, 0.15) is 19.8 Å². The lowest BCUT2D eigenvalue weighted by molar-refractivity contribution is 0.253. The predicted octanol–water partition coefficient (Wildman–Crippen LogP) is -0.357. The van der Waals surface area contributed by atoms with Gasteiger partial charge in [0.25, 0.3) is 0 Å². The second-order valence-electron chi connectivity index (χ2n) is 4.14. The molecule has 0 radical (unpaired) electrons. The zero-order chi connectivity index (χ0) is 14.8. The minimum absolute atomic E-state index is 0.0674. The molecule has 108 valence electrons. The highest BCUT2D eigenvalue weighted by Gasteiger charge is 2.17. The van der Waals surface area contributed by atoms with Gasteiger partial charge in [0.1, 0.15) is 0 Å². The summed E-state index contributed by atoms with van der Waals surface area (Å²) in [4.78, 5) is 29.8. The smallest absolute Gasteiger partial charge is 0.304 e. The van der Waals surface area contributed by atoms with E-state index in [-0.39, 0.29) is 21.4 Å². The highest BCUT2D eigenvalue weighted by molar-refractivity contribution is 7.86. The van der Waals surface area contributed by atoms with E-state index in [0.717, 1.165) is 0 Å². The maximum absolute atomic E-state index is 12.0. The first-order valence-electron chi connectivity index (χ1n) is 5.96. The minimum Gasteiger partial charge on any atom is -0.304 e. The molecule has 0 bridgehead atoms. The van der Waals surface area contributed by atoms with Crippen LogP contribution in [0.3, 0.4) is 0 Å². The molecule has 2 aromatic heterocycles. The van der Waals surface area contributed by atoms with E-state index < -0.39 is 21.4 Å². The molecule has 8 nitrogen and oxygen atoms in total. The van der Waals surface area contributed by atoms with Crippen molar-refractivity contribution in [1.82, 2.24) is 14.7 Å². The summed E-state index contributed by atoms with van der Waals surface area (Å²) in [6.07, 6.45) is 3.66. The second kappa shape index (κ2) is 5.45. The first-order chi connectivity index (χ1) is 9.44. The molecule has 20 heavy (non-hydrogen) atoms. The van der Waals surface area contributed by atoms with Crippen LogP contribution >= 0.6 is 0 Å². The first kappa shape index (κ1) is 14.3. The number of hydrogen-bond acceptors (Lipinski definition) is 6. The zero-order valence-electron chi connectivity index (χ0n) is 10.7. The number of hydrogen-bond donors (Lipinski definition) is 1. The Balaban J connectivity index is 2.51. The van der Waals surface area contributed by atoms with Crippen molar-refractivity contribution in [2.24, 2.45) is 0 Å². The summed E-state index contributed by atoms with van der Waals surface area (Å²) in [7, 11) is -3.99. The highest BCUT2D eigenvalue weighted by atomic mass is 32.2. The molecule has 9 heteroatoms. The molecule has 0 spiro atoms. The van der Waals surface area contributed by atoms with Gasteiger partial charge >= 0.3 is 21.4 Å². The summed E-state index contributed by atoms with van der Waals surface area (Å²) in [5.74, 6) is -0.263. The van der Waals surface area contributed by atoms with Crippen molar-refractivity contribution >= 4 is 21.0 Å². The summed E-state index contributed by atoms with van der Waals surface area (Å²) >= 11 is 0. The Morgan fingerprint density at radius 1 is 1.40 bits per heavy atom. The molecule has 0 atom stereocenters. The monoisotopic (exact) mass is 299 g/mol. The minimum atomic E-state index is -3.99. The van der Waals surface area contributed by atoms with Crippen molar-refractivity contribution in [1.29, 1.82) is 0 Å². The van der Waals surface area contributed by atoms with E-state index in [1.165, 1.54) is 18.5 Å². The molecule has 1 N–H and O–H groups in total. The van der Waals surface area contributed by atoms with E-state index in [9.17, 15) is 18.0 Å². The molecule has 2 rings (SSSR count). The highest BCUT2D eigenvalue weighted by Crippen LogP contribution is 2.01. The Labute approximate surface area is 114 Å². The lowest BCUT2D eigenvalue weighted by Gasteiger charge is -2.07. The fourth-order valence-corrected chi connectivity index (χ4v) is 2.66. The van der Waals surface area contributed by atoms with Gasteiger partial charge in [-0.3, -0.25) is 14.1 Å². The quantitative estimate of drug-likeness (QED) is 0.807. The number of aromatic amines is 1. The van der Waals surface area contributed by atoms with E-state index in [1.807, 2.05) is 6.92 Å². The van der Waals surface area contributed by atoms with E-state index in [4.69, 9.17) is 0 Å². The number of nitrogens with zero attached hydrogens (tertiary/aromatic N) is 2. The van der Waals surface area contributed by atoms with Crippen LogP contribution in [0.4, 0.5) is 0 Å². The molecule has 0 aromatic carbocycles. The molecular formula is C11H13N3O5S. The van der Waals surface area contributed by atoms with E-state index in [0.29, 0.717) is 12.8 Å². The third kappa shape index (κ3) is 2.87. The van der Waals surface area contributed by atoms with Gasteiger partial charge in [0, 0.05) is 12.4 Å². The van der Waals surface area contributed by atoms with Crippen LogP contribution in [0.2, 0.25) is 0 Å². The molecule has 0 amide bonds. The van der Waals surface area contributed by atoms with Crippen LogP contribution in [0.5, 0.6) is 0 Å². The number of pyridine rings is 1. The van der Waals surface area contributed by atoms with Crippen LogP contribution in [-0.4, -0.2) is 28.9 Å². The molecule has 0 aliphatic carbocycles. The van der Waals surface area contributed by atoms with Crippen LogP contribution in [0, 0.1) is 0 Å². The zero-order valence-corrected chi connectivity index (χ0v) is 11.5. The summed E-state index contributed by atoms with van der Waals surface area (Å²) in [6, 6.07) is 1.44. The Kier molecular flexibility index (Phi) is 3.89. The van der Waals surface area contributed by atoms with Crippen molar-refractivity contribution in [2.75, 3.05) is 5.75 Å². The first-order valence-corrected chi connectivity index (χ1v) is 7.54. The Hall–Kier alpha value is -2.16. The van der Waals surface area contributed by atoms with Crippen LogP contribution < -0.4 is 15.5 Å². The Morgan fingerprint density at radius 3 is 2.85 bits per heavy atom. The van der Waals surface area contributed by atoms with Gasteiger partial charge in [0.05, 0.1) is 16.7 Å². The largest absolute Gasteiger partial charge is 0.363 e. The van der Waals surface area contributed by atoms with Gasteiger partial charge in [0.2, 0.25) is 0 Å². The van der Waals surface area contributed by atoms with Crippen molar-refractivity contribution in [2.45, 2.75) is 19.8 Å². The molecular weight excluding hydrogens is 286 g/mol. The van der Waals surface area contributed by atoms with Crippen molar-refractivity contribution in [3.63, 3.8) is 0 Å². The maximum atomic E-state index is 12.0. The molecule has 0 saturated heterocycles. The van der Waals surface area contributed by atoms with E-state index in [1.54, 1.807) is 0 Å². The fraction of sp³-hybridized carbons (Fsp3) is 0.364. The molecule has 0 aliphatic rings. The topological polar surface area (TPSA) is 111 Å². The number of nitrogens with one attached hydrogen (secondary N) is 1. The third-order valence-electron chi connectivity index (χ3n) is 2.60. The van der Waals surface area contributed by atoms with Crippen LogP contribution in [-0.2, 0) is 10.1 Å². The molecule has 2 heterocycles. The van der Waals surface area contributed by atoms with Gasteiger partial charge in [-0.1, -0.05) is 18.1 Å². The van der Waals surface area contributed by atoms with Gasteiger partial charge in [0.15, 0.2) is 0 Å². The fourth-order valence-electron chi connectivity index (χ4n) is 1.58. The molecule has 0 fully saturated rings. The number of unbranched alkanes of at least 4 members (excludes halogenated alkanes) is 1. The normalized spacial score (nSPS) is 11.7. The molecule has 0 unspecified atom stereocenters. The van der Waals surface area contributed by atoms with Gasteiger partial charge in [-0.05, 0) is 12.5 Å². The summed E-state index contributed by atoms with van der Waals surface area (Å²) < 4.78 is 28.1. The summed E-state index contributed by atoms with van der Waals surface area (Å²) in [6.45, 7) is 1.82. The van der Waals surface area contributed by atoms with Crippen molar-refractivity contribution in [3.05, 3.63) is 39.3 Å². The van der Waals surface area contributed by atoms with E-state index >= 15 is 0 Å². The van der Waals surface area contributed by atoms with E-state index in [2.05, 4.69) is 14.3 Å². The van der Waals surface area contributed by atoms with Crippen LogP contribution in [0.15, 0.2) is 28.0 Å². The van der Waals surface area contributed by atoms with Gasteiger partial charge in [-0.15, -0.1) is 0 Å². The Morgan fingerprint density at radius 2 is 2.15 bits per heavy atom. The van der Waals surface area contributed by atoms with Gasteiger partial charge in [-0.2, -0.15) is 8.42 Å². The SMILES string of the molecule is CCCCS(=O)(=O)On1c(=O)[nH]c2ccncc2c1=O. The average molecular weight is 299 g/mol. The molecule has 2 aromatic rings. The van der Waals surface area contributed by atoms with Crippen LogP contribution in [0.25, 0.3) is 10.9 Å². The second-order valence-corrected chi connectivity index (χ2v) is 5.81. The lowest BCUT2D eigenvalue weighted by atomic mass is 10.3. The standard InChI is InChI=1S/C11H13N3O5S/c1-2-3-6-20(17,18)19-14-10(15)8-7-12-5-4-9(8)13-11(14)16/h4-5,7H,2-3,6H2,1H3,(H,13,16). The Bertz CT molecular complexity index is 837. The summed E-state index contributed by atoms with van der Waals surface area (Å²) in [5.41, 5.74) is -1.55. The number of fused-ring (bicyclic) bond motifs is 1. The number of H-pyrrole nitrogens is 1. The maximum Gasteiger partial charge on any atom is 0.363 e. The number of aromatic nitrogens is 3.